The van der Waals surface area contributed by atoms with E-state index in [-0.39, 0.29) is 23.8 Å². The van der Waals surface area contributed by atoms with Crippen molar-refractivity contribution in [1.29, 1.82) is 0 Å². The molecule has 140 valence electrons. The van der Waals surface area contributed by atoms with Crippen molar-refractivity contribution in [2.75, 3.05) is 20.3 Å². The molecule has 0 amide bonds. The van der Waals surface area contributed by atoms with Gasteiger partial charge in [0.05, 0.1) is 24.6 Å². The summed E-state index contributed by atoms with van der Waals surface area (Å²) in [4.78, 5) is 13.1. The van der Waals surface area contributed by atoms with Crippen LogP contribution in [0.4, 0.5) is 0 Å². The molecule has 1 aliphatic heterocycles. The summed E-state index contributed by atoms with van der Waals surface area (Å²) < 4.78 is 10.9. The first-order valence-electron chi connectivity index (χ1n) is 9.11. The highest BCUT2D eigenvalue weighted by molar-refractivity contribution is 7.80. The van der Waals surface area contributed by atoms with Crippen LogP contribution in [-0.2, 0) is 4.74 Å². The van der Waals surface area contributed by atoms with Gasteiger partial charge in [0.2, 0.25) is 0 Å². The molecule has 5 nitrogen and oxygen atoms in total. The van der Waals surface area contributed by atoms with E-state index >= 15 is 0 Å². The summed E-state index contributed by atoms with van der Waals surface area (Å²) in [5, 5.41) is 7.15. The molecule has 2 N–H and O–H groups in total. The lowest BCUT2D eigenvalue weighted by Crippen LogP contribution is -2.51. The van der Waals surface area contributed by atoms with Crippen LogP contribution in [0, 0.1) is 5.92 Å². The third-order valence-electron chi connectivity index (χ3n) is 5.13. The zero-order chi connectivity index (χ0) is 18.8. The van der Waals surface area contributed by atoms with Crippen molar-refractivity contribution < 1.29 is 14.3 Å². The average Bonchev–Trinajstić information content (AvgIpc) is 2.97. The minimum absolute atomic E-state index is 0.0984. The van der Waals surface area contributed by atoms with Gasteiger partial charge in [0.15, 0.2) is 10.9 Å². The van der Waals surface area contributed by atoms with E-state index in [1.165, 1.54) is 0 Å². The van der Waals surface area contributed by atoms with Crippen molar-refractivity contribution in [2.45, 2.75) is 18.5 Å². The van der Waals surface area contributed by atoms with Gasteiger partial charge in [-0.3, -0.25) is 4.79 Å². The summed E-state index contributed by atoms with van der Waals surface area (Å²) >= 11 is 5.43. The maximum atomic E-state index is 13.1. The third kappa shape index (κ3) is 3.42. The fourth-order valence-electron chi connectivity index (χ4n) is 3.92. The molecule has 1 fully saturated rings. The minimum atomic E-state index is -0.238. The first-order chi connectivity index (χ1) is 13.2. The van der Waals surface area contributed by atoms with Crippen molar-refractivity contribution in [3.8, 4) is 5.75 Å². The maximum absolute atomic E-state index is 13.1. The van der Waals surface area contributed by atoms with Gasteiger partial charge in [0.25, 0.3) is 0 Å². The Morgan fingerprint density at radius 3 is 2.70 bits per heavy atom. The van der Waals surface area contributed by atoms with Crippen molar-refractivity contribution in [1.82, 2.24) is 10.6 Å². The maximum Gasteiger partial charge on any atom is 0.171 e. The molecular weight excluding hydrogens is 360 g/mol. The summed E-state index contributed by atoms with van der Waals surface area (Å²) in [5.74, 6) is 0.696. The number of thiocarbonyl (C=S) groups is 1. The number of fused-ring (bicyclic) bond motifs is 3. The fraction of sp³-hybridized carbons (Fsp3) is 0.333. The van der Waals surface area contributed by atoms with E-state index in [1.54, 1.807) is 7.11 Å². The van der Waals surface area contributed by atoms with E-state index in [2.05, 4.69) is 10.6 Å². The van der Waals surface area contributed by atoms with Crippen LogP contribution in [0.25, 0.3) is 0 Å². The quantitative estimate of drug-likeness (QED) is 0.591. The zero-order valence-electron chi connectivity index (χ0n) is 15.1. The summed E-state index contributed by atoms with van der Waals surface area (Å²) in [7, 11) is 1.68. The van der Waals surface area contributed by atoms with Gasteiger partial charge in [0, 0.05) is 25.7 Å². The number of ketones is 1. The molecule has 1 saturated heterocycles. The summed E-state index contributed by atoms with van der Waals surface area (Å²) in [6.07, 6.45) is 0.828. The Morgan fingerprint density at radius 2 is 1.85 bits per heavy atom. The van der Waals surface area contributed by atoms with Crippen molar-refractivity contribution in [2.24, 2.45) is 5.92 Å². The Morgan fingerprint density at radius 1 is 1.04 bits per heavy atom. The molecule has 0 bridgehead atoms. The summed E-state index contributed by atoms with van der Waals surface area (Å²) in [5.41, 5.74) is 2.80. The van der Waals surface area contributed by atoms with Gasteiger partial charge in [-0.15, -0.1) is 0 Å². The molecule has 4 rings (SSSR count). The van der Waals surface area contributed by atoms with E-state index in [4.69, 9.17) is 21.7 Å². The molecule has 2 aliphatic rings. The van der Waals surface area contributed by atoms with E-state index in [1.807, 2.05) is 48.5 Å². The molecule has 27 heavy (non-hydrogen) atoms. The van der Waals surface area contributed by atoms with E-state index in [0.717, 1.165) is 28.9 Å². The molecule has 3 atom stereocenters. The van der Waals surface area contributed by atoms with Crippen LogP contribution in [0.15, 0.2) is 48.5 Å². The number of Topliss-reactive ketones (excluding diaryl/α,β-unsaturated/α-hetero) is 1. The molecule has 0 spiro atoms. The molecule has 0 saturated carbocycles. The van der Waals surface area contributed by atoms with Crippen LogP contribution < -0.4 is 15.4 Å². The highest BCUT2D eigenvalue weighted by Crippen LogP contribution is 2.44. The minimum Gasteiger partial charge on any atom is -0.493 e. The number of methoxy groups -OCH3 is 1. The summed E-state index contributed by atoms with van der Waals surface area (Å²) in [6.45, 7) is 1.26. The highest BCUT2D eigenvalue weighted by atomic mass is 32.1. The molecule has 0 radical (unpaired) electrons. The average molecular weight is 382 g/mol. The Kier molecular flexibility index (Phi) is 5.09. The van der Waals surface area contributed by atoms with Crippen LogP contribution in [0.3, 0.4) is 0 Å². The third-order valence-corrected chi connectivity index (χ3v) is 5.37. The van der Waals surface area contributed by atoms with Gasteiger partial charge in [-0.05, 0) is 35.5 Å². The smallest absolute Gasteiger partial charge is 0.171 e. The van der Waals surface area contributed by atoms with Gasteiger partial charge in [-0.25, -0.2) is 0 Å². The van der Waals surface area contributed by atoms with Crippen molar-refractivity contribution >= 4 is 23.1 Å². The molecule has 2 aromatic carbocycles. The SMILES string of the molecule is COCCCOc1cccc(C2NC(=S)NC3c4ccccc4C(=O)C23)c1. The molecule has 2 aromatic rings. The van der Waals surface area contributed by atoms with E-state index < -0.39 is 0 Å². The predicted molar refractivity (Wildman–Crippen MR) is 107 cm³/mol. The lowest BCUT2D eigenvalue weighted by atomic mass is 9.85. The van der Waals surface area contributed by atoms with Crippen LogP contribution in [0.2, 0.25) is 0 Å². The molecule has 1 heterocycles. The fourth-order valence-corrected chi connectivity index (χ4v) is 4.18. The second kappa shape index (κ2) is 7.66. The van der Waals surface area contributed by atoms with Gasteiger partial charge in [-0.2, -0.15) is 0 Å². The van der Waals surface area contributed by atoms with Gasteiger partial charge in [0.1, 0.15) is 5.75 Å². The van der Waals surface area contributed by atoms with Crippen LogP contribution in [0.1, 0.15) is 40.0 Å². The number of carbonyl (C=O) groups excluding carboxylic acids is 1. The zero-order valence-corrected chi connectivity index (χ0v) is 15.9. The number of hydrogen-bond acceptors (Lipinski definition) is 4. The van der Waals surface area contributed by atoms with Crippen LogP contribution in [-0.4, -0.2) is 31.2 Å². The standard InChI is InChI=1S/C21H22N2O3S/c1-25-10-5-11-26-14-7-4-6-13(12-14)18-17-19(23-21(27)22-18)15-8-2-3-9-16(15)20(17)24/h2-4,6-9,12,17-19H,5,10-11H2,1H3,(H2,22,23,27). The van der Waals surface area contributed by atoms with Crippen molar-refractivity contribution in [3.05, 3.63) is 65.2 Å². The lowest BCUT2D eigenvalue weighted by molar-refractivity contribution is 0.0882. The molecule has 3 unspecified atom stereocenters. The number of hydrogen-bond donors (Lipinski definition) is 2. The normalized spacial score (nSPS) is 23.2. The number of rotatable bonds is 6. The van der Waals surface area contributed by atoms with Crippen LogP contribution >= 0.6 is 12.2 Å². The first-order valence-corrected chi connectivity index (χ1v) is 9.51. The summed E-state index contributed by atoms with van der Waals surface area (Å²) in [6, 6.07) is 15.4. The van der Waals surface area contributed by atoms with Gasteiger partial charge >= 0.3 is 0 Å². The molecule has 6 heteroatoms. The Labute approximate surface area is 164 Å². The molecular formula is C21H22N2O3S. The van der Waals surface area contributed by atoms with Crippen LogP contribution in [0.5, 0.6) is 5.75 Å². The van der Waals surface area contributed by atoms with E-state index in [0.29, 0.717) is 18.3 Å². The van der Waals surface area contributed by atoms with Gasteiger partial charge in [-0.1, -0.05) is 36.4 Å². The topological polar surface area (TPSA) is 59.6 Å². The monoisotopic (exact) mass is 382 g/mol. The predicted octanol–water partition coefficient (Wildman–Crippen LogP) is 3.17. The van der Waals surface area contributed by atoms with E-state index in [9.17, 15) is 4.79 Å². The largest absolute Gasteiger partial charge is 0.493 e. The Bertz CT molecular complexity index is 870. The second-order valence-corrected chi connectivity index (χ2v) is 7.23. The molecule has 1 aliphatic carbocycles. The second-order valence-electron chi connectivity index (χ2n) is 6.82. The molecule has 0 aromatic heterocycles. The first kappa shape index (κ1) is 17.9. The number of carbonyl (C=O) groups is 1. The number of benzene rings is 2. The number of nitrogens with one attached hydrogen (secondary N) is 2. The van der Waals surface area contributed by atoms with Gasteiger partial charge < -0.3 is 20.1 Å². The number of ether oxygens (including phenoxy) is 2. The lowest BCUT2D eigenvalue weighted by Gasteiger charge is -2.36. The van der Waals surface area contributed by atoms with Crippen molar-refractivity contribution in [3.63, 3.8) is 0 Å². The Hall–Kier alpha value is -2.44. The highest BCUT2D eigenvalue weighted by Gasteiger charge is 2.47. The Balaban J connectivity index is 1.60.